The van der Waals surface area contributed by atoms with Gasteiger partial charge in [-0.05, 0) is 38.2 Å². The number of carbonyl (C=O) groups is 1. The maximum Gasteiger partial charge on any atom is 0.249 e. The number of likely N-dealkylation sites (tertiary alicyclic amines) is 1. The van der Waals surface area contributed by atoms with Crippen LogP contribution < -0.4 is 5.32 Å². The summed E-state index contributed by atoms with van der Waals surface area (Å²) in [6.07, 6.45) is 4.62. The largest absolute Gasteiger partial charge is 0.363 e. The van der Waals surface area contributed by atoms with Gasteiger partial charge in [0.15, 0.2) is 0 Å². The molecule has 3 aliphatic rings. The number of hydrogen-bond acceptors (Lipinski definition) is 3. The van der Waals surface area contributed by atoms with Gasteiger partial charge in [-0.15, -0.1) is 0 Å². The molecule has 1 aliphatic carbocycles. The fourth-order valence-electron chi connectivity index (χ4n) is 3.77. The molecule has 2 heterocycles. The third-order valence-electron chi connectivity index (χ3n) is 5.21. The highest BCUT2D eigenvalue weighted by Crippen LogP contribution is 2.33. The Bertz CT molecular complexity index is 590. The van der Waals surface area contributed by atoms with Crippen LogP contribution in [0, 0.1) is 5.82 Å². The molecule has 0 unspecified atom stereocenters. The molecule has 0 aromatic heterocycles. The van der Waals surface area contributed by atoms with E-state index in [4.69, 9.17) is 4.74 Å². The standard InChI is InChI=1S/C18H23FN2O2/c19-14-4-2-1-3-12(14)11-21-10-9-16-15(21)7-8-17(23-16)18(22)20-13-5-6-13/h1-4,13,15-17H,5-11H2,(H,20,22)/t15-,16-,17-/m1/s1. The lowest BCUT2D eigenvalue weighted by Gasteiger charge is -2.35. The lowest BCUT2D eigenvalue weighted by Crippen LogP contribution is -2.48. The Morgan fingerprint density at radius 2 is 2.04 bits per heavy atom. The summed E-state index contributed by atoms with van der Waals surface area (Å²) in [5.74, 6) is -0.0899. The minimum absolute atomic E-state index is 0.0542. The summed E-state index contributed by atoms with van der Waals surface area (Å²) in [4.78, 5) is 14.5. The average Bonchev–Trinajstić information content (AvgIpc) is 3.28. The Morgan fingerprint density at radius 1 is 1.22 bits per heavy atom. The third kappa shape index (κ3) is 3.26. The van der Waals surface area contributed by atoms with Crippen molar-refractivity contribution in [3.8, 4) is 0 Å². The molecular formula is C18H23FN2O2. The first kappa shape index (κ1) is 15.1. The molecule has 124 valence electrons. The molecule has 1 N–H and O–H groups in total. The lowest BCUT2D eigenvalue weighted by atomic mass is 9.98. The predicted molar refractivity (Wildman–Crippen MR) is 84.3 cm³/mol. The van der Waals surface area contributed by atoms with Crippen molar-refractivity contribution in [1.29, 1.82) is 0 Å². The second kappa shape index (κ2) is 6.21. The van der Waals surface area contributed by atoms with Gasteiger partial charge < -0.3 is 10.1 Å². The molecule has 2 aliphatic heterocycles. The van der Waals surface area contributed by atoms with Crippen molar-refractivity contribution in [2.24, 2.45) is 0 Å². The van der Waals surface area contributed by atoms with E-state index in [0.717, 1.165) is 44.2 Å². The van der Waals surface area contributed by atoms with Crippen LogP contribution in [0.5, 0.6) is 0 Å². The molecule has 4 nitrogen and oxygen atoms in total. The van der Waals surface area contributed by atoms with Gasteiger partial charge in [-0.1, -0.05) is 18.2 Å². The maximum atomic E-state index is 13.9. The number of ether oxygens (including phenoxy) is 1. The topological polar surface area (TPSA) is 41.6 Å². The van der Waals surface area contributed by atoms with Crippen molar-refractivity contribution in [3.63, 3.8) is 0 Å². The van der Waals surface area contributed by atoms with E-state index in [-0.39, 0.29) is 23.9 Å². The normalized spacial score (nSPS) is 30.9. The Kier molecular flexibility index (Phi) is 4.07. The van der Waals surface area contributed by atoms with Crippen LogP contribution in [-0.4, -0.2) is 41.6 Å². The highest BCUT2D eigenvalue weighted by atomic mass is 19.1. The number of benzene rings is 1. The van der Waals surface area contributed by atoms with Crippen LogP contribution in [-0.2, 0) is 16.1 Å². The summed E-state index contributed by atoms with van der Waals surface area (Å²) >= 11 is 0. The maximum absolute atomic E-state index is 13.9. The molecule has 1 aromatic carbocycles. The van der Waals surface area contributed by atoms with Gasteiger partial charge in [0.1, 0.15) is 11.9 Å². The van der Waals surface area contributed by atoms with Gasteiger partial charge in [-0.3, -0.25) is 9.69 Å². The van der Waals surface area contributed by atoms with Crippen LogP contribution in [0.4, 0.5) is 4.39 Å². The number of hydrogen-bond donors (Lipinski definition) is 1. The van der Waals surface area contributed by atoms with Crippen molar-refractivity contribution in [2.75, 3.05) is 6.54 Å². The summed E-state index contributed by atoms with van der Waals surface area (Å²) in [7, 11) is 0. The Morgan fingerprint density at radius 3 is 2.83 bits per heavy atom. The van der Waals surface area contributed by atoms with Crippen molar-refractivity contribution >= 4 is 5.91 Å². The number of rotatable bonds is 4. The van der Waals surface area contributed by atoms with Crippen molar-refractivity contribution < 1.29 is 13.9 Å². The first-order valence-electron chi connectivity index (χ1n) is 8.64. The minimum Gasteiger partial charge on any atom is -0.363 e. The van der Waals surface area contributed by atoms with E-state index >= 15 is 0 Å². The van der Waals surface area contributed by atoms with Crippen LogP contribution in [0.1, 0.15) is 37.7 Å². The quantitative estimate of drug-likeness (QED) is 0.925. The molecule has 0 spiro atoms. The molecule has 2 saturated heterocycles. The zero-order chi connectivity index (χ0) is 15.8. The fourth-order valence-corrected chi connectivity index (χ4v) is 3.77. The Hall–Kier alpha value is -1.46. The van der Waals surface area contributed by atoms with Crippen LogP contribution >= 0.6 is 0 Å². The summed E-state index contributed by atoms with van der Waals surface area (Å²) in [6.45, 7) is 1.52. The second-order valence-electron chi connectivity index (χ2n) is 6.94. The predicted octanol–water partition coefficient (Wildman–Crippen LogP) is 2.23. The zero-order valence-electron chi connectivity index (χ0n) is 13.2. The molecule has 3 fully saturated rings. The van der Waals surface area contributed by atoms with Crippen molar-refractivity contribution in [1.82, 2.24) is 10.2 Å². The lowest BCUT2D eigenvalue weighted by molar-refractivity contribution is -0.144. The monoisotopic (exact) mass is 318 g/mol. The SMILES string of the molecule is O=C(NC1CC1)[C@H]1CC[C@@H]2[C@@H](CCN2Cc2ccccc2F)O1. The van der Waals surface area contributed by atoms with Gasteiger partial charge in [0.25, 0.3) is 0 Å². The van der Waals surface area contributed by atoms with Gasteiger partial charge in [-0.2, -0.15) is 0 Å². The highest BCUT2D eigenvalue weighted by Gasteiger charge is 2.42. The highest BCUT2D eigenvalue weighted by molar-refractivity contribution is 5.81. The molecule has 0 bridgehead atoms. The van der Waals surface area contributed by atoms with E-state index in [9.17, 15) is 9.18 Å². The summed E-state index contributed by atoms with van der Waals surface area (Å²) in [5.41, 5.74) is 0.738. The molecule has 23 heavy (non-hydrogen) atoms. The number of halogens is 1. The zero-order valence-corrected chi connectivity index (χ0v) is 13.2. The second-order valence-corrected chi connectivity index (χ2v) is 6.94. The minimum atomic E-state index is -0.301. The first-order valence-corrected chi connectivity index (χ1v) is 8.64. The third-order valence-corrected chi connectivity index (χ3v) is 5.21. The van der Waals surface area contributed by atoms with Gasteiger partial charge >= 0.3 is 0 Å². The number of fused-ring (bicyclic) bond motifs is 1. The van der Waals surface area contributed by atoms with E-state index in [1.165, 1.54) is 6.07 Å². The van der Waals surface area contributed by atoms with Crippen LogP contribution in [0.2, 0.25) is 0 Å². The molecule has 1 saturated carbocycles. The van der Waals surface area contributed by atoms with E-state index in [1.54, 1.807) is 6.07 Å². The van der Waals surface area contributed by atoms with E-state index in [1.807, 2.05) is 12.1 Å². The van der Waals surface area contributed by atoms with Crippen LogP contribution in [0.3, 0.4) is 0 Å². The summed E-state index contributed by atoms with van der Waals surface area (Å²) in [6, 6.07) is 7.64. The molecule has 0 radical (unpaired) electrons. The van der Waals surface area contributed by atoms with Gasteiger partial charge in [0.2, 0.25) is 5.91 Å². The number of carbonyl (C=O) groups excluding carboxylic acids is 1. The Labute approximate surface area is 136 Å². The van der Waals surface area contributed by atoms with Crippen molar-refractivity contribution in [3.05, 3.63) is 35.6 Å². The van der Waals surface area contributed by atoms with Crippen LogP contribution in [0.15, 0.2) is 24.3 Å². The molecule has 3 atom stereocenters. The number of nitrogens with zero attached hydrogens (tertiary/aromatic N) is 1. The van der Waals surface area contributed by atoms with E-state index in [0.29, 0.717) is 18.6 Å². The molecule has 4 rings (SSSR count). The van der Waals surface area contributed by atoms with E-state index < -0.39 is 0 Å². The molecular weight excluding hydrogens is 295 g/mol. The molecule has 1 aromatic rings. The average molecular weight is 318 g/mol. The number of amides is 1. The van der Waals surface area contributed by atoms with Gasteiger partial charge in [0, 0.05) is 30.7 Å². The van der Waals surface area contributed by atoms with Gasteiger partial charge in [0.05, 0.1) is 6.10 Å². The smallest absolute Gasteiger partial charge is 0.249 e. The number of nitrogens with one attached hydrogen (secondary N) is 1. The summed E-state index contributed by atoms with van der Waals surface area (Å²) in [5, 5.41) is 3.03. The van der Waals surface area contributed by atoms with Gasteiger partial charge in [-0.25, -0.2) is 4.39 Å². The van der Waals surface area contributed by atoms with E-state index in [2.05, 4.69) is 10.2 Å². The first-order chi connectivity index (χ1) is 11.2. The summed E-state index contributed by atoms with van der Waals surface area (Å²) < 4.78 is 19.9. The molecule has 1 amide bonds. The Balaban J connectivity index is 1.36. The molecule has 5 heteroatoms. The van der Waals surface area contributed by atoms with Crippen LogP contribution in [0.25, 0.3) is 0 Å². The fraction of sp³-hybridized carbons (Fsp3) is 0.611. The van der Waals surface area contributed by atoms with Crippen molar-refractivity contribution in [2.45, 2.75) is 62.9 Å².